The van der Waals surface area contributed by atoms with E-state index in [2.05, 4.69) is 6.07 Å². The van der Waals surface area contributed by atoms with Gasteiger partial charge >= 0.3 is 0 Å². The van der Waals surface area contributed by atoms with Crippen LogP contribution in [0, 0.1) is 17.1 Å². The van der Waals surface area contributed by atoms with Crippen LogP contribution in [-0.2, 0) is 6.61 Å². The van der Waals surface area contributed by atoms with E-state index < -0.39 is 5.92 Å². The second-order valence-corrected chi connectivity index (χ2v) is 7.20. The SMILES string of the molecule is CCOc1cc([C@H]2C(C#N)=C(N)Oc3cc(O)ccc32)ccc1OCc1ccc(F)cc1. The van der Waals surface area contributed by atoms with Crippen LogP contribution in [0.3, 0.4) is 0 Å². The van der Waals surface area contributed by atoms with Crippen LogP contribution in [0.4, 0.5) is 4.39 Å². The summed E-state index contributed by atoms with van der Waals surface area (Å²) in [6.07, 6.45) is 0. The number of hydrogen-bond donors (Lipinski definition) is 2. The van der Waals surface area contributed by atoms with Crippen LogP contribution in [0.1, 0.15) is 29.5 Å². The predicted octanol–water partition coefficient (Wildman–Crippen LogP) is 4.73. The number of rotatable bonds is 6. The summed E-state index contributed by atoms with van der Waals surface area (Å²) in [6, 6.07) is 18.3. The van der Waals surface area contributed by atoms with Crippen LogP contribution >= 0.6 is 0 Å². The smallest absolute Gasteiger partial charge is 0.205 e. The van der Waals surface area contributed by atoms with Crippen molar-refractivity contribution in [2.45, 2.75) is 19.4 Å². The molecule has 0 spiro atoms. The third kappa shape index (κ3) is 4.16. The first kappa shape index (κ1) is 21.1. The number of phenolic OH excluding ortho intramolecular Hbond substituents is 1. The van der Waals surface area contributed by atoms with Gasteiger partial charge in [-0.15, -0.1) is 0 Å². The summed E-state index contributed by atoms with van der Waals surface area (Å²) < 4.78 is 30.4. The Hall–Kier alpha value is -4.18. The molecule has 0 aromatic heterocycles. The van der Waals surface area contributed by atoms with Crippen LogP contribution in [0.25, 0.3) is 0 Å². The lowest BCUT2D eigenvalue weighted by atomic mass is 9.83. The molecule has 4 rings (SSSR count). The molecular formula is C25H21FN2O4. The Kier molecular flexibility index (Phi) is 5.86. The van der Waals surface area contributed by atoms with E-state index in [9.17, 15) is 14.8 Å². The molecule has 0 fully saturated rings. The van der Waals surface area contributed by atoms with E-state index in [-0.39, 0.29) is 29.6 Å². The Morgan fingerprint density at radius 1 is 1.06 bits per heavy atom. The molecule has 7 heteroatoms. The number of nitrogens with two attached hydrogens (primary N) is 1. The third-order valence-corrected chi connectivity index (χ3v) is 5.11. The highest BCUT2D eigenvalue weighted by molar-refractivity contribution is 5.58. The van der Waals surface area contributed by atoms with Gasteiger partial charge in [0.05, 0.1) is 12.5 Å². The van der Waals surface area contributed by atoms with Gasteiger partial charge in [0.15, 0.2) is 11.5 Å². The van der Waals surface area contributed by atoms with Gasteiger partial charge in [-0.1, -0.05) is 24.3 Å². The zero-order valence-electron chi connectivity index (χ0n) is 17.3. The number of aromatic hydroxyl groups is 1. The van der Waals surface area contributed by atoms with Crippen molar-refractivity contribution in [2.24, 2.45) is 5.73 Å². The Labute approximate surface area is 184 Å². The lowest BCUT2D eigenvalue weighted by Crippen LogP contribution is -2.21. The minimum atomic E-state index is -0.491. The van der Waals surface area contributed by atoms with Crippen molar-refractivity contribution < 1.29 is 23.7 Å². The first-order valence-corrected chi connectivity index (χ1v) is 10.0. The van der Waals surface area contributed by atoms with Crippen molar-refractivity contribution >= 4 is 0 Å². The van der Waals surface area contributed by atoms with Gasteiger partial charge in [0.25, 0.3) is 0 Å². The minimum Gasteiger partial charge on any atom is -0.508 e. The van der Waals surface area contributed by atoms with Crippen LogP contribution in [0.15, 0.2) is 72.1 Å². The van der Waals surface area contributed by atoms with Crippen LogP contribution < -0.4 is 19.9 Å². The minimum absolute atomic E-state index is 0.00908. The molecule has 3 aromatic rings. The van der Waals surface area contributed by atoms with E-state index in [1.54, 1.807) is 30.3 Å². The van der Waals surface area contributed by atoms with Gasteiger partial charge < -0.3 is 25.1 Å². The second kappa shape index (κ2) is 8.90. The number of phenols is 1. The van der Waals surface area contributed by atoms with Crippen molar-refractivity contribution in [3.63, 3.8) is 0 Å². The predicted molar refractivity (Wildman–Crippen MR) is 116 cm³/mol. The molecule has 1 atom stereocenters. The fourth-order valence-corrected chi connectivity index (χ4v) is 3.62. The summed E-state index contributed by atoms with van der Waals surface area (Å²) in [4.78, 5) is 0. The molecule has 0 radical (unpaired) electrons. The largest absolute Gasteiger partial charge is 0.508 e. The fourth-order valence-electron chi connectivity index (χ4n) is 3.62. The van der Waals surface area contributed by atoms with E-state index in [1.807, 2.05) is 13.0 Å². The number of nitriles is 1. The number of hydrogen-bond acceptors (Lipinski definition) is 6. The monoisotopic (exact) mass is 432 g/mol. The van der Waals surface area contributed by atoms with Crippen LogP contribution in [-0.4, -0.2) is 11.7 Å². The van der Waals surface area contributed by atoms with Gasteiger partial charge in [-0.2, -0.15) is 5.26 Å². The summed E-state index contributed by atoms with van der Waals surface area (Å²) in [5.41, 5.74) is 8.56. The van der Waals surface area contributed by atoms with Crippen LogP contribution in [0.2, 0.25) is 0 Å². The normalized spacial score (nSPS) is 14.8. The second-order valence-electron chi connectivity index (χ2n) is 7.20. The Morgan fingerprint density at radius 3 is 2.56 bits per heavy atom. The summed E-state index contributed by atoms with van der Waals surface area (Å²) >= 11 is 0. The van der Waals surface area contributed by atoms with E-state index in [4.69, 9.17) is 19.9 Å². The highest BCUT2D eigenvalue weighted by atomic mass is 19.1. The maximum Gasteiger partial charge on any atom is 0.205 e. The molecule has 0 saturated heterocycles. The summed E-state index contributed by atoms with van der Waals surface area (Å²) in [7, 11) is 0. The lowest BCUT2D eigenvalue weighted by Gasteiger charge is -2.27. The first-order chi connectivity index (χ1) is 15.5. The van der Waals surface area contributed by atoms with Crippen molar-refractivity contribution in [1.29, 1.82) is 5.26 Å². The molecule has 32 heavy (non-hydrogen) atoms. The Bertz CT molecular complexity index is 1220. The fraction of sp³-hybridized carbons (Fsp3) is 0.160. The van der Waals surface area contributed by atoms with Crippen LogP contribution in [0.5, 0.6) is 23.0 Å². The van der Waals surface area contributed by atoms with Crippen molar-refractivity contribution in [3.05, 3.63) is 94.6 Å². The summed E-state index contributed by atoms with van der Waals surface area (Å²) in [5, 5.41) is 19.5. The molecule has 1 aliphatic rings. The van der Waals surface area contributed by atoms with Gasteiger partial charge in [0.2, 0.25) is 5.88 Å². The number of ether oxygens (including phenoxy) is 3. The molecular weight excluding hydrogens is 411 g/mol. The topological polar surface area (TPSA) is 97.7 Å². The van der Waals surface area contributed by atoms with Crippen molar-refractivity contribution in [2.75, 3.05) is 6.61 Å². The maximum absolute atomic E-state index is 13.1. The Balaban J connectivity index is 1.70. The van der Waals surface area contributed by atoms with E-state index >= 15 is 0 Å². The third-order valence-electron chi connectivity index (χ3n) is 5.11. The maximum atomic E-state index is 13.1. The molecule has 3 N–H and O–H groups in total. The molecule has 1 aliphatic heterocycles. The Morgan fingerprint density at radius 2 is 1.84 bits per heavy atom. The molecule has 0 unspecified atom stereocenters. The lowest BCUT2D eigenvalue weighted by molar-refractivity contribution is 0.269. The van der Waals surface area contributed by atoms with Gasteiger partial charge in [0.1, 0.15) is 35.6 Å². The van der Waals surface area contributed by atoms with Gasteiger partial charge in [-0.05, 0) is 48.4 Å². The molecule has 3 aromatic carbocycles. The zero-order valence-corrected chi connectivity index (χ0v) is 17.3. The average Bonchev–Trinajstić information content (AvgIpc) is 2.78. The first-order valence-electron chi connectivity index (χ1n) is 10.0. The number of halogens is 1. The van der Waals surface area contributed by atoms with Gasteiger partial charge in [0, 0.05) is 11.6 Å². The standard InChI is InChI=1S/C25H21FN2O4/c1-2-30-23-11-16(5-10-21(23)31-14-15-3-6-17(26)7-4-15)24-19-9-8-18(29)12-22(19)32-25(28)20(24)13-27/h3-12,24,29H,2,14,28H2,1H3/t24-/m1/s1. The van der Waals surface area contributed by atoms with E-state index in [0.717, 1.165) is 11.1 Å². The zero-order chi connectivity index (χ0) is 22.7. The van der Waals surface area contributed by atoms with Gasteiger partial charge in [-0.3, -0.25) is 0 Å². The quantitative estimate of drug-likeness (QED) is 0.585. The van der Waals surface area contributed by atoms with Crippen molar-refractivity contribution in [3.8, 4) is 29.1 Å². The van der Waals surface area contributed by atoms with E-state index in [0.29, 0.717) is 29.4 Å². The highest BCUT2D eigenvalue weighted by Gasteiger charge is 2.31. The number of allylic oxidation sites excluding steroid dienone is 1. The van der Waals surface area contributed by atoms with E-state index in [1.165, 1.54) is 24.3 Å². The summed E-state index contributed by atoms with van der Waals surface area (Å²) in [6.45, 7) is 2.52. The molecule has 0 saturated carbocycles. The molecule has 1 heterocycles. The molecule has 0 aliphatic carbocycles. The molecule has 0 amide bonds. The number of fused-ring (bicyclic) bond motifs is 1. The highest BCUT2D eigenvalue weighted by Crippen LogP contribution is 2.45. The van der Waals surface area contributed by atoms with Crippen molar-refractivity contribution in [1.82, 2.24) is 0 Å². The summed E-state index contributed by atoms with van der Waals surface area (Å²) in [5.74, 6) is 0.651. The molecule has 6 nitrogen and oxygen atoms in total. The number of nitrogens with zero attached hydrogens (tertiary/aromatic N) is 1. The number of benzene rings is 3. The molecule has 162 valence electrons. The average molecular weight is 432 g/mol. The van der Waals surface area contributed by atoms with Gasteiger partial charge in [-0.25, -0.2) is 4.39 Å². The molecule has 0 bridgehead atoms.